The molecule has 154 valence electrons. The molecule has 0 spiro atoms. The fourth-order valence-corrected chi connectivity index (χ4v) is 2.90. The number of aromatic nitrogens is 2. The Bertz CT molecular complexity index is 1160. The molecule has 0 unspecified atom stereocenters. The first-order valence-corrected chi connectivity index (χ1v) is 9.81. The summed E-state index contributed by atoms with van der Waals surface area (Å²) in [5.41, 5.74) is 1.82. The third-order valence-electron chi connectivity index (χ3n) is 4.47. The number of hydrogen-bond donors (Lipinski definition) is 0. The van der Waals surface area contributed by atoms with E-state index in [1.165, 1.54) is 12.2 Å². The van der Waals surface area contributed by atoms with E-state index in [9.17, 15) is 20.1 Å². The second-order valence-electron chi connectivity index (χ2n) is 6.81. The van der Waals surface area contributed by atoms with Crippen LogP contribution in [-0.2, 0) is 22.4 Å². The molecule has 6 heteroatoms. The Hall–Kier alpha value is -4.68. The first-order valence-electron chi connectivity index (χ1n) is 9.81. The third-order valence-corrected chi connectivity index (χ3v) is 4.47. The van der Waals surface area contributed by atoms with E-state index in [4.69, 9.17) is 0 Å². The second kappa shape index (κ2) is 10.9. The monoisotopic (exact) mass is 418 g/mol. The molecule has 0 N–H and O–H groups in total. The van der Waals surface area contributed by atoms with Gasteiger partial charge in [0, 0.05) is 0 Å². The lowest BCUT2D eigenvalue weighted by molar-refractivity contribution is -0.115. The van der Waals surface area contributed by atoms with E-state index >= 15 is 0 Å². The Labute approximate surface area is 185 Å². The summed E-state index contributed by atoms with van der Waals surface area (Å²) in [6, 6.07) is 22.3. The summed E-state index contributed by atoms with van der Waals surface area (Å²) < 4.78 is 0. The van der Waals surface area contributed by atoms with E-state index < -0.39 is 0 Å². The molecule has 0 aliphatic heterocycles. The molecule has 0 aliphatic carbocycles. The number of benzene rings is 2. The van der Waals surface area contributed by atoms with Crippen molar-refractivity contribution in [3.8, 4) is 12.1 Å². The lowest BCUT2D eigenvalue weighted by Crippen LogP contribution is -2.13. The first-order chi connectivity index (χ1) is 15.6. The Morgan fingerprint density at radius 2 is 1.06 bits per heavy atom. The number of carbonyl (C=O) groups is 2. The third kappa shape index (κ3) is 6.16. The number of rotatable bonds is 8. The van der Waals surface area contributed by atoms with E-state index in [1.807, 2.05) is 72.8 Å². The maximum Gasteiger partial charge on any atom is 0.177 e. The predicted molar refractivity (Wildman–Crippen MR) is 120 cm³/mol. The van der Waals surface area contributed by atoms with Crippen molar-refractivity contribution in [2.45, 2.75) is 12.8 Å². The van der Waals surface area contributed by atoms with Gasteiger partial charge in [-0.15, -0.1) is 0 Å². The molecule has 0 aliphatic rings. The van der Waals surface area contributed by atoms with Gasteiger partial charge in [0.1, 0.15) is 12.1 Å². The van der Waals surface area contributed by atoms with Crippen LogP contribution in [0.2, 0.25) is 0 Å². The smallest absolute Gasteiger partial charge is 0.177 e. The standard InChI is InChI=1S/C26H18N4O2/c27-17-25-26(18-28)30-24(16-22(32)14-12-20-9-5-2-6-10-20)23(29-25)15-21(31)13-11-19-7-3-1-4-8-19/h1-14H,15-16H2/b13-11-,14-12+. The SMILES string of the molecule is N#Cc1nc(CC(=O)/C=C\c2ccccc2)c(CC(=O)/C=C/c2ccccc2)nc1C#N. The summed E-state index contributed by atoms with van der Waals surface area (Å²) in [6.45, 7) is 0. The van der Waals surface area contributed by atoms with Crippen LogP contribution in [0.25, 0.3) is 12.2 Å². The number of ketones is 2. The van der Waals surface area contributed by atoms with Crippen molar-refractivity contribution < 1.29 is 9.59 Å². The minimum Gasteiger partial charge on any atom is -0.294 e. The molecular formula is C26H18N4O2. The maximum atomic E-state index is 12.5. The number of nitriles is 2. The summed E-state index contributed by atoms with van der Waals surface area (Å²) in [5, 5.41) is 18.5. The minimum absolute atomic E-state index is 0.137. The van der Waals surface area contributed by atoms with E-state index in [0.29, 0.717) is 0 Å². The van der Waals surface area contributed by atoms with Gasteiger partial charge in [-0.25, -0.2) is 9.97 Å². The molecule has 6 nitrogen and oxygen atoms in total. The van der Waals surface area contributed by atoms with Gasteiger partial charge in [-0.05, 0) is 23.3 Å². The van der Waals surface area contributed by atoms with Gasteiger partial charge >= 0.3 is 0 Å². The van der Waals surface area contributed by atoms with Crippen molar-refractivity contribution in [1.82, 2.24) is 9.97 Å². The minimum atomic E-state index is -0.259. The van der Waals surface area contributed by atoms with Gasteiger partial charge in [0.05, 0.1) is 24.2 Å². The molecule has 0 atom stereocenters. The van der Waals surface area contributed by atoms with Crippen LogP contribution in [0.4, 0.5) is 0 Å². The van der Waals surface area contributed by atoms with Crippen LogP contribution in [0.5, 0.6) is 0 Å². The Kier molecular flexibility index (Phi) is 7.51. The Morgan fingerprint density at radius 1 is 0.688 bits per heavy atom. The summed E-state index contributed by atoms with van der Waals surface area (Å²) >= 11 is 0. The van der Waals surface area contributed by atoms with Gasteiger partial charge in [-0.2, -0.15) is 10.5 Å². The lowest BCUT2D eigenvalue weighted by Gasteiger charge is -2.07. The van der Waals surface area contributed by atoms with E-state index in [1.54, 1.807) is 12.2 Å². The summed E-state index contributed by atoms with van der Waals surface area (Å²) in [6.07, 6.45) is 5.92. The average Bonchev–Trinajstić information content (AvgIpc) is 2.83. The molecule has 3 aromatic rings. The largest absolute Gasteiger partial charge is 0.294 e. The highest BCUT2D eigenvalue weighted by molar-refractivity contribution is 5.96. The molecule has 32 heavy (non-hydrogen) atoms. The summed E-state index contributed by atoms with van der Waals surface area (Å²) in [4.78, 5) is 33.3. The highest BCUT2D eigenvalue weighted by Crippen LogP contribution is 2.13. The van der Waals surface area contributed by atoms with Crippen LogP contribution in [0, 0.1) is 22.7 Å². The molecule has 3 rings (SSSR count). The highest BCUT2D eigenvalue weighted by atomic mass is 16.1. The lowest BCUT2D eigenvalue weighted by atomic mass is 10.1. The number of hydrogen-bond acceptors (Lipinski definition) is 6. The van der Waals surface area contributed by atoms with E-state index in [0.717, 1.165) is 11.1 Å². The van der Waals surface area contributed by atoms with E-state index in [2.05, 4.69) is 9.97 Å². The molecule has 0 radical (unpaired) electrons. The zero-order valence-corrected chi connectivity index (χ0v) is 17.1. The van der Waals surface area contributed by atoms with Gasteiger partial charge in [-0.1, -0.05) is 72.8 Å². The summed E-state index contributed by atoms with van der Waals surface area (Å²) in [7, 11) is 0. The van der Waals surface area contributed by atoms with Crippen molar-refractivity contribution in [2.75, 3.05) is 0 Å². The van der Waals surface area contributed by atoms with Crippen molar-refractivity contribution in [3.05, 3.63) is 107 Å². The molecule has 0 fully saturated rings. The van der Waals surface area contributed by atoms with Crippen LogP contribution in [0.15, 0.2) is 72.8 Å². The topological polar surface area (TPSA) is 108 Å². The van der Waals surface area contributed by atoms with Crippen LogP contribution < -0.4 is 0 Å². The normalized spacial score (nSPS) is 10.7. The van der Waals surface area contributed by atoms with Crippen LogP contribution in [-0.4, -0.2) is 21.5 Å². The second-order valence-corrected chi connectivity index (χ2v) is 6.81. The number of nitrogens with zero attached hydrogens (tertiary/aromatic N) is 4. The van der Waals surface area contributed by atoms with Gasteiger partial charge in [0.2, 0.25) is 0 Å². The molecule has 0 saturated heterocycles. The van der Waals surface area contributed by atoms with Crippen LogP contribution in [0.3, 0.4) is 0 Å². The van der Waals surface area contributed by atoms with Crippen LogP contribution in [0.1, 0.15) is 33.9 Å². The zero-order valence-electron chi connectivity index (χ0n) is 17.1. The average molecular weight is 418 g/mol. The Morgan fingerprint density at radius 3 is 1.41 bits per heavy atom. The van der Waals surface area contributed by atoms with Crippen molar-refractivity contribution >= 4 is 23.7 Å². The van der Waals surface area contributed by atoms with Gasteiger partial charge in [0.25, 0.3) is 0 Å². The predicted octanol–water partition coefficient (Wildman–Crippen LogP) is 3.87. The molecule has 0 amide bonds. The fourth-order valence-electron chi connectivity index (χ4n) is 2.90. The Balaban J connectivity index is 1.83. The van der Waals surface area contributed by atoms with Crippen molar-refractivity contribution in [1.29, 1.82) is 10.5 Å². The fraction of sp³-hybridized carbons (Fsp3) is 0.0769. The molecule has 1 heterocycles. The van der Waals surface area contributed by atoms with Gasteiger partial charge in [-0.3, -0.25) is 9.59 Å². The highest BCUT2D eigenvalue weighted by Gasteiger charge is 2.17. The quantitative estimate of drug-likeness (QED) is 0.514. The molecule has 0 bridgehead atoms. The van der Waals surface area contributed by atoms with Crippen molar-refractivity contribution in [2.24, 2.45) is 0 Å². The zero-order chi connectivity index (χ0) is 22.8. The molecule has 2 aromatic carbocycles. The van der Waals surface area contributed by atoms with Gasteiger partial charge in [0.15, 0.2) is 23.0 Å². The number of allylic oxidation sites excluding steroid dienone is 2. The van der Waals surface area contributed by atoms with Crippen LogP contribution >= 0.6 is 0 Å². The molecule has 0 saturated carbocycles. The number of carbonyl (C=O) groups excluding carboxylic acids is 2. The molecule has 1 aromatic heterocycles. The van der Waals surface area contributed by atoms with Crippen molar-refractivity contribution in [3.63, 3.8) is 0 Å². The first kappa shape index (κ1) is 22.0. The maximum absolute atomic E-state index is 12.5. The van der Waals surface area contributed by atoms with E-state index in [-0.39, 0.29) is 47.2 Å². The summed E-state index contributed by atoms with van der Waals surface area (Å²) in [5.74, 6) is -0.518. The molecular weight excluding hydrogens is 400 g/mol. The van der Waals surface area contributed by atoms with Gasteiger partial charge < -0.3 is 0 Å².